The second-order valence-electron chi connectivity index (χ2n) is 5.78. The fraction of sp³-hybridized carbons (Fsp3) is 0.550. The summed E-state index contributed by atoms with van der Waals surface area (Å²) < 4.78 is 0. The highest BCUT2D eigenvalue weighted by Gasteiger charge is 2.01. The monoisotopic (exact) mass is 336 g/mol. The normalized spacial score (nSPS) is 15.1. The summed E-state index contributed by atoms with van der Waals surface area (Å²) in [7, 11) is 0. The zero-order valence-corrected chi connectivity index (χ0v) is 14.7. The van der Waals surface area contributed by atoms with Gasteiger partial charge in [-0.3, -0.25) is 4.79 Å². The number of aliphatic hydroxyl groups is 2. The van der Waals surface area contributed by atoms with Crippen LogP contribution in [0.15, 0.2) is 48.6 Å². The van der Waals surface area contributed by atoms with Crippen LogP contribution in [0, 0.1) is 0 Å². The molecule has 0 aliphatic heterocycles. The first-order valence-electron chi connectivity index (χ1n) is 8.80. The van der Waals surface area contributed by atoms with Crippen LogP contribution in [0.3, 0.4) is 0 Å². The van der Waals surface area contributed by atoms with Gasteiger partial charge in [-0.05, 0) is 32.1 Å². The molecule has 0 radical (unpaired) electrons. The summed E-state index contributed by atoms with van der Waals surface area (Å²) in [5.41, 5.74) is 0. The van der Waals surface area contributed by atoms with Crippen LogP contribution in [0.5, 0.6) is 0 Å². The highest BCUT2D eigenvalue weighted by Crippen LogP contribution is 2.03. The van der Waals surface area contributed by atoms with Crippen LogP contribution in [-0.2, 0) is 4.79 Å². The van der Waals surface area contributed by atoms with E-state index in [1.165, 1.54) is 19.3 Å². The summed E-state index contributed by atoms with van der Waals surface area (Å²) in [5, 5.41) is 27.9. The molecule has 3 N–H and O–H groups in total. The van der Waals surface area contributed by atoms with E-state index in [-0.39, 0.29) is 6.42 Å². The molecule has 0 unspecified atom stereocenters. The fourth-order valence-corrected chi connectivity index (χ4v) is 2.02. The molecule has 4 heteroatoms. The highest BCUT2D eigenvalue weighted by molar-refractivity contribution is 5.66. The van der Waals surface area contributed by atoms with Crippen molar-refractivity contribution in [1.82, 2.24) is 0 Å². The third-order valence-electron chi connectivity index (χ3n) is 3.41. The number of aliphatic carboxylic acids is 1. The summed E-state index contributed by atoms with van der Waals surface area (Å²) in [6.45, 7) is 2.18. The summed E-state index contributed by atoms with van der Waals surface area (Å²) in [6.07, 6.45) is 19.8. The summed E-state index contributed by atoms with van der Waals surface area (Å²) in [4.78, 5) is 10.3. The maximum absolute atomic E-state index is 10.3. The van der Waals surface area contributed by atoms with Gasteiger partial charge in [-0.15, -0.1) is 0 Å². The average molecular weight is 336 g/mol. The van der Waals surface area contributed by atoms with Crippen LogP contribution in [0.2, 0.25) is 0 Å². The molecule has 2 atom stereocenters. The predicted molar refractivity (Wildman–Crippen MR) is 98.8 cm³/mol. The second-order valence-corrected chi connectivity index (χ2v) is 5.78. The molecule has 0 aliphatic rings. The first kappa shape index (κ1) is 22.4. The van der Waals surface area contributed by atoms with E-state index in [4.69, 9.17) is 5.11 Å². The van der Waals surface area contributed by atoms with Gasteiger partial charge < -0.3 is 15.3 Å². The summed E-state index contributed by atoms with van der Waals surface area (Å²) >= 11 is 0. The van der Waals surface area contributed by atoms with Crippen LogP contribution < -0.4 is 0 Å². The van der Waals surface area contributed by atoms with Crippen molar-refractivity contribution < 1.29 is 20.1 Å². The van der Waals surface area contributed by atoms with Crippen LogP contribution in [-0.4, -0.2) is 33.5 Å². The molecule has 0 rings (SSSR count). The molecule has 136 valence electrons. The van der Waals surface area contributed by atoms with Crippen molar-refractivity contribution in [3.8, 4) is 0 Å². The average Bonchev–Trinajstić information content (AvgIpc) is 2.53. The Morgan fingerprint density at radius 2 is 1.58 bits per heavy atom. The first-order valence-corrected chi connectivity index (χ1v) is 8.80. The Labute approximate surface area is 145 Å². The molecule has 0 heterocycles. The first-order chi connectivity index (χ1) is 11.6. The van der Waals surface area contributed by atoms with Crippen molar-refractivity contribution in [3.63, 3.8) is 0 Å². The Hall–Kier alpha value is -1.65. The molecule has 0 aromatic heterocycles. The highest BCUT2D eigenvalue weighted by atomic mass is 16.4. The van der Waals surface area contributed by atoms with E-state index < -0.39 is 18.2 Å². The third kappa shape index (κ3) is 16.7. The van der Waals surface area contributed by atoms with Gasteiger partial charge in [0.1, 0.15) is 0 Å². The van der Waals surface area contributed by atoms with Crippen molar-refractivity contribution in [1.29, 1.82) is 0 Å². The SMILES string of the molecule is CCCCC/C=C\C[C@H](O)/C=C/C=C/C=C/[C@@H](O)CCCC(=O)O. The molecule has 0 aromatic carbocycles. The number of unbranched alkanes of at least 4 members (excludes halogenated alkanes) is 3. The molecule has 24 heavy (non-hydrogen) atoms. The van der Waals surface area contributed by atoms with E-state index in [1.807, 2.05) is 6.08 Å². The van der Waals surface area contributed by atoms with Crippen molar-refractivity contribution in [2.75, 3.05) is 0 Å². The summed E-state index contributed by atoms with van der Waals surface area (Å²) in [6, 6.07) is 0. The van der Waals surface area contributed by atoms with Crippen LogP contribution in [0.1, 0.15) is 58.3 Å². The maximum Gasteiger partial charge on any atom is 0.303 e. The van der Waals surface area contributed by atoms with Crippen molar-refractivity contribution in [3.05, 3.63) is 48.6 Å². The van der Waals surface area contributed by atoms with Gasteiger partial charge >= 0.3 is 5.97 Å². The summed E-state index contributed by atoms with van der Waals surface area (Å²) in [5.74, 6) is -0.842. The molecule has 0 bridgehead atoms. The van der Waals surface area contributed by atoms with E-state index in [2.05, 4.69) is 13.0 Å². The Bertz CT molecular complexity index is 421. The zero-order valence-electron chi connectivity index (χ0n) is 14.7. The second kappa shape index (κ2) is 16.2. The number of hydrogen-bond donors (Lipinski definition) is 3. The van der Waals surface area contributed by atoms with Gasteiger partial charge in [-0.2, -0.15) is 0 Å². The third-order valence-corrected chi connectivity index (χ3v) is 3.41. The molecule has 4 nitrogen and oxygen atoms in total. The molecule has 0 saturated heterocycles. The van der Waals surface area contributed by atoms with Crippen LogP contribution in [0.4, 0.5) is 0 Å². The number of allylic oxidation sites excluding steroid dienone is 5. The standard InChI is InChI=1S/C20H32O4/c1-2-3-4-5-6-9-13-18(21)14-10-7-8-11-15-19(22)16-12-17-20(23)24/h6-11,14-15,18-19,21-22H,2-5,12-13,16-17H2,1H3,(H,23,24)/b8-7+,9-6-,14-10+,15-11+/t18-,19+/m0/s1. The van der Waals surface area contributed by atoms with Gasteiger partial charge in [-0.25, -0.2) is 0 Å². The van der Waals surface area contributed by atoms with E-state index >= 15 is 0 Å². The largest absolute Gasteiger partial charge is 0.481 e. The molecular weight excluding hydrogens is 304 g/mol. The Balaban J connectivity index is 3.81. The van der Waals surface area contributed by atoms with Gasteiger partial charge in [0.15, 0.2) is 0 Å². The minimum Gasteiger partial charge on any atom is -0.481 e. The number of carboxylic acid groups (broad SMARTS) is 1. The fourth-order valence-electron chi connectivity index (χ4n) is 2.02. The smallest absolute Gasteiger partial charge is 0.303 e. The minimum absolute atomic E-state index is 0.0778. The zero-order chi connectivity index (χ0) is 18.0. The van der Waals surface area contributed by atoms with Crippen molar-refractivity contribution >= 4 is 5.97 Å². The topological polar surface area (TPSA) is 77.8 Å². The van der Waals surface area contributed by atoms with E-state index in [1.54, 1.807) is 36.5 Å². The molecule has 0 spiro atoms. The Morgan fingerprint density at radius 3 is 2.21 bits per heavy atom. The number of rotatable bonds is 14. The Kier molecular flexibility index (Phi) is 15.1. The number of carbonyl (C=O) groups is 1. The van der Waals surface area contributed by atoms with Crippen molar-refractivity contribution in [2.24, 2.45) is 0 Å². The van der Waals surface area contributed by atoms with E-state index in [0.717, 1.165) is 6.42 Å². The Morgan fingerprint density at radius 1 is 0.917 bits per heavy atom. The molecule has 0 fully saturated rings. The molecule has 0 aromatic rings. The number of aliphatic hydroxyl groups excluding tert-OH is 2. The van der Waals surface area contributed by atoms with Crippen LogP contribution >= 0.6 is 0 Å². The van der Waals surface area contributed by atoms with E-state index in [0.29, 0.717) is 19.3 Å². The lowest BCUT2D eigenvalue weighted by molar-refractivity contribution is -0.137. The lowest BCUT2D eigenvalue weighted by Crippen LogP contribution is -2.03. The minimum atomic E-state index is -0.842. The molecule has 0 amide bonds. The molecule has 0 saturated carbocycles. The van der Waals surface area contributed by atoms with Gasteiger partial charge in [-0.1, -0.05) is 68.4 Å². The van der Waals surface area contributed by atoms with Gasteiger partial charge in [0, 0.05) is 6.42 Å². The van der Waals surface area contributed by atoms with Gasteiger partial charge in [0.2, 0.25) is 0 Å². The van der Waals surface area contributed by atoms with Gasteiger partial charge in [0.25, 0.3) is 0 Å². The van der Waals surface area contributed by atoms with Crippen LogP contribution in [0.25, 0.3) is 0 Å². The maximum atomic E-state index is 10.3. The lowest BCUT2D eigenvalue weighted by atomic mass is 10.1. The van der Waals surface area contributed by atoms with Crippen molar-refractivity contribution in [2.45, 2.75) is 70.5 Å². The lowest BCUT2D eigenvalue weighted by Gasteiger charge is -2.02. The van der Waals surface area contributed by atoms with E-state index in [9.17, 15) is 15.0 Å². The molecule has 0 aliphatic carbocycles. The number of hydrogen-bond acceptors (Lipinski definition) is 3. The predicted octanol–water partition coefficient (Wildman–Crippen LogP) is 4.16. The molecular formula is C20H32O4. The number of carboxylic acids is 1. The quantitative estimate of drug-likeness (QED) is 0.253. The van der Waals surface area contributed by atoms with Gasteiger partial charge in [0.05, 0.1) is 12.2 Å².